The van der Waals surface area contributed by atoms with Crippen molar-refractivity contribution in [3.8, 4) is 0 Å². The number of allylic oxidation sites excluding steroid dienone is 4. The van der Waals surface area contributed by atoms with Crippen molar-refractivity contribution in [1.29, 1.82) is 0 Å². The summed E-state index contributed by atoms with van der Waals surface area (Å²) < 4.78 is 0. The molecular formula is C22H14O. The van der Waals surface area contributed by atoms with E-state index in [4.69, 9.17) is 0 Å². The van der Waals surface area contributed by atoms with Crippen LogP contribution in [-0.2, 0) is 4.79 Å². The summed E-state index contributed by atoms with van der Waals surface area (Å²) in [6.45, 7) is 0. The molecule has 23 heavy (non-hydrogen) atoms. The fourth-order valence-corrected chi connectivity index (χ4v) is 3.58. The number of rotatable bonds is 0. The first kappa shape index (κ1) is 12.6. The van der Waals surface area contributed by atoms with E-state index in [1.54, 1.807) is 12.2 Å². The first-order valence-corrected chi connectivity index (χ1v) is 7.86. The second-order valence-corrected chi connectivity index (χ2v) is 6.27. The Balaban J connectivity index is 1.85. The molecule has 0 aromatic heterocycles. The molecule has 0 saturated heterocycles. The number of hydrogen-bond acceptors (Lipinski definition) is 1. The van der Waals surface area contributed by atoms with Gasteiger partial charge in [-0.2, -0.15) is 0 Å². The maximum atomic E-state index is 11.6. The monoisotopic (exact) mass is 294 g/mol. The molecule has 1 unspecified atom stereocenters. The zero-order chi connectivity index (χ0) is 15.4. The Kier molecular flexibility index (Phi) is 2.48. The summed E-state index contributed by atoms with van der Waals surface area (Å²) in [7, 11) is 0. The Bertz CT molecular complexity index is 1180. The Labute approximate surface area is 133 Å². The summed E-state index contributed by atoms with van der Waals surface area (Å²) in [5, 5.41) is 7.46. The highest BCUT2D eigenvalue weighted by Gasteiger charge is 2.15. The van der Waals surface area contributed by atoms with Crippen LogP contribution in [0.15, 0.2) is 72.3 Å². The highest BCUT2D eigenvalue weighted by molar-refractivity contribution is 6.03. The van der Waals surface area contributed by atoms with Crippen LogP contribution in [-0.4, -0.2) is 5.78 Å². The number of fused-ring (bicyclic) bond motifs is 4. The molecule has 1 nitrogen and oxygen atoms in total. The highest BCUT2D eigenvalue weighted by atomic mass is 16.1. The third-order valence-corrected chi connectivity index (χ3v) is 4.75. The molecule has 1 heteroatoms. The molecule has 5 rings (SSSR count). The van der Waals surface area contributed by atoms with Crippen LogP contribution in [0.1, 0.15) is 0 Å². The first-order chi connectivity index (χ1) is 11.3. The fourth-order valence-electron chi connectivity index (χ4n) is 3.58. The van der Waals surface area contributed by atoms with Crippen molar-refractivity contribution in [2.75, 3.05) is 0 Å². The lowest BCUT2D eigenvalue weighted by Crippen LogP contribution is -2.30. The van der Waals surface area contributed by atoms with E-state index >= 15 is 0 Å². The van der Waals surface area contributed by atoms with Gasteiger partial charge in [-0.1, -0.05) is 42.5 Å². The number of benzene rings is 3. The number of hydrogen-bond donors (Lipinski definition) is 0. The molecule has 0 radical (unpaired) electrons. The minimum atomic E-state index is 0.0798. The van der Waals surface area contributed by atoms with E-state index in [2.05, 4.69) is 60.7 Å². The first-order valence-electron chi connectivity index (χ1n) is 7.86. The average Bonchev–Trinajstić information content (AvgIpc) is 2.56. The molecule has 0 fully saturated rings. The molecule has 0 saturated carbocycles. The van der Waals surface area contributed by atoms with Crippen LogP contribution in [0.5, 0.6) is 0 Å². The average molecular weight is 294 g/mol. The van der Waals surface area contributed by atoms with Gasteiger partial charge in [-0.3, -0.25) is 4.79 Å². The van der Waals surface area contributed by atoms with Crippen molar-refractivity contribution in [2.45, 2.75) is 0 Å². The van der Waals surface area contributed by atoms with E-state index in [9.17, 15) is 4.79 Å². The van der Waals surface area contributed by atoms with Crippen molar-refractivity contribution < 1.29 is 4.79 Å². The van der Waals surface area contributed by atoms with E-state index in [0.29, 0.717) is 0 Å². The molecule has 0 spiro atoms. The molecule has 0 heterocycles. The highest BCUT2D eigenvalue weighted by Crippen LogP contribution is 2.24. The lowest BCUT2D eigenvalue weighted by molar-refractivity contribution is -0.110. The van der Waals surface area contributed by atoms with Gasteiger partial charge in [0.15, 0.2) is 5.78 Å². The Morgan fingerprint density at radius 1 is 0.739 bits per heavy atom. The summed E-state index contributed by atoms with van der Waals surface area (Å²) in [6, 6.07) is 17.4. The normalized spacial score (nSPS) is 18.9. The molecule has 0 bridgehead atoms. The molecule has 0 aliphatic heterocycles. The SMILES string of the molecule is O=C1C=CC2C=c3cc4cc5ccccc5cc4cc3=CC2=C1. The molecular weight excluding hydrogens is 280 g/mol. The summed E-state index contributed by atoms with van der Waals surface area (Å²) in [4.78, 5) is 11.6. The molecule has 3 aromatic carbocycles. The summed E-state index contributed by atoms with van der Waals surface area (Å²) in [5.41, 5.74) is 1.09. The standard InChI is InChI=1S/C22H14O/c23-22-6-5-16-9-19-10-17-7-14-3-1-2-4-15(14)8-18(17)11-20(19)12-21(16)13-22/h1-13,16H. The summed E-state index contributed by atoms with van der Waals surface area (Å²) in [6.07, 6.45) is 9.79. The van der Waals surface area contributed by atoms with Crippen LogP contribution in [0.25, 0.3) is 33.7 Å². The Morgan fingerprint density at radius 3 is 2.17 bits per heavy atom. The molecule has 0 amide bonds. The third kappa shape index (κ3) is 1.97. The molecule has 2 aliphatic rings. The predicted octanol–water partition coefficient (Wildman–Crippen LogP) is 3.25. The zero-order valence-corrected chi connectivity index (χ0v) is 12.5. The Morgan fingerprint density at radius 2 is 1.43 bits per heavy atom. The van der Waals surface area contributed by atoms with Gasteiger partial charge in [0.05, 0.1) is 0 Å². The lowest BCUT2D eigenvalue weighted by Gasteiger charge is -2.17. The molecule has 0 N–H and O–H groups in total. The van der Waals surface area contributed by atoms with E-state index in [0.717, 1.165) is 5.57 Å². The summed E-state index contributed by atoms with van der Waals surface area (Å²) in [5.74, 6) is 0.300. The van der Waals surface area contributed by atoms with Gasteiger partial charge in [0.2, 0.25) is 0 Å². The van der Waals surface area contributed by atoms with Gasteiger partial charge >= 0.3 is 0 Å². The van der Waals surface area contributed by atoms with Crippen molar-refractivity contribution in [3.63, 3.8) is 0 Å². The smallest absolute Gasteiger partial charge is 0.178 e. The largest absolute Gasteiger partial charge is 0.290 e. The van der Waals surface area contributed by atoms with Crippen molar-refractivity contribution in [3.05, 3.63) is 82.8 Å². The Hall–Kier alpha value is -2.93. The molecule has 2 aliphatic carbocycles. The fraction of sp³-hybridized carbons (Fsp3) is 0.0455. The van der Waals surface area contributed by atoms with Gasteiger partial charge in [0.25, 0.3) is 0 Å². The van der Waals surface area contributed by atoms with Gasteiger partial charge in [-0.15, -0.1) is 0 Å². The van der Waals surface area contributed by atoms with Gasteiger partial charge in [0.1, 0.15) is 0 Å². The van der Waals surface area contributed by atoms with Crippen molar-refractivity contribution >= 4 is 39.5 Å². The second kappa shape index (κ2) is 4.53. The molecule has 3 aromatic rings. The van der Waals surface area contributed by atoms with Gasteiger partial charge < -0.3 is 0 Å². The predicted molar refractivity (Wildman–Crippen MR) is 95.4 cm³/mol. The van der Waals surface area contributed by atoms with Crippen LogP contribution in [0.4, 0.5) is 0 Å². The zero-order valence-electron chi connectivity index (χ0n) is 12.5. The third-order valence-electron chi connectivity index (χ3n) is 4.75. The molecule has 1 atom stereocenters. The minimum absolute atomic E-state index is 0.0798. The topological polar surface area (TPSA) is 17.1 Å². The van der Waals surface area contributed by atoms with Crippen LogP contribution in [0.3, 0.4) is 0 Å². The van der Waals surface area contributed by atoms with E-state index < -0.39 is 0 Å². The maximum absolute atomic E-state index is 11.6. The number of ketones is 1. The van der Waals surface area contributed by atoms with Crippen LogP contribution >= 0.6 is 0 Å². The van der Waals surface area contributed by atoms with E-state index in [1.807, 2.05) is 6.08 Å². The second-order valence-electron chi connectivity index (χ2n) is 6.27. The lowest BCUT2D eigenvalue weighted by atomic mass is 9.87. The number of carbonyl (C=O) groups excluding carboxylic acids is 1. The van der Waals surface area contributed by atoms with Gasteiger partial charge in [-0.05, 0) is 74.0 Å². The van der Waals surface area contributed by atoms with Crippen molar-refractivity contribution in [2.24, 2.45) is 5.92 Å². The van der Waals surface area contributed by atoms with E-state index in [1.165, 1.54) is 32.0 Å². The van der Waals surface area contributed by atoms with Crippen LogP contribution in [0.2, 0.25) is 0 Å². The summed E-state index contributed by atoms with van der Waals surface area (Å²) >= 11 is 0. The molecule has 108 valence electrons. The quantitative estimate of drug-likeness (QED) is 0.582. The van der Waals surface area contributed by atoms with Crippen LogP contribution in [0, 0.1) is 5.92 Å². The maximum Gasteiger partial charge on any atom is 0.178 e. The van der Waals surface area contributed by atoms with Crippen molar-refractivity contribution in [1.82, 2.24) is 0 Å². The van der Waals surface area contributed by atoms with Crippen LogP contribution < -0.4 is 10.4 Å². The number of carbonyl (C=O) groups is 1. The van der Waals surface area contributed by atoms with Gasteiger partial charge in [0, 0.05) is 5.92 Å². The van der Waals surface area contributed by atoms with E-state index in [-0.39, 0.29) is 11.7 Å². The minimum Gasteiger partial charge on any atom is -0.290 e. The van der Waals surface area contributed by atoms with Gasteiger partial charge in [-0.25, -0.2) is 0 Å².